The Morgan fingerprint density at radius 1 is 1.39 bits per heavy atom. The van der Waals surface area contributed by atoms with E-state index in [4.69, 9.17) is 5.73 Å². The van der Waals surface area contributed by atoms with Gasteiger partial charge in [-0.05, 0) is 32.6 Å². The standard InChI is InChI=1S/C14H23N3O/c1-10-8-14(18)17(11(2)16-10)9-13(15)12-6-4-3-5-7-12/h8,12-13H,3-7,9,15H2,1-2H3. The second-order valence-electron chi connectivity index (χ2n) is 5.46. The summed E-state index contributed by atoms with van der Waals surface area (Å²) in [6.07, 6.45) is 6.29. The lowest BCUT2D eigenvalue weighted by Gasteiger charge is -2.28. The lowest BCUT2D eigenvalue weighted by atomic mass is 9.84. The van der Waals surface area contributed by atoms with Crippen LogP contribution in [0, 0.1) is 19.8 Å². The van der Waals surface area contributed by atoms with Crippen LogP contribution in [0.5, 0.6) is 0 Å². The predicted octanol–water partition coefficient (Wildman–Crippen LogP) is 1.77. The number of rotatable bonds is 3. The van der Waals surface area contributed by atoms with Gasteiger partial charge in [0, 0.05) is 24.3 Å². The van der Waals surface area contributed by atoms with Gasteiger partial charge in [-0.25, -0.2) is 4.98 Å². The summed E-state index contributed by atoms with van der Waals surface area (Å²) in [5.41, 5.74) is 7.07. The topological polar surface area (TPSA) is 60.9 Å². The van der Waals surface area contributed by atoms with Crippen LogP contribution in [0.25, 0.3) is 0 Å². The molecule has 0 aromatic carbocycles. The summed E-state index contributed by atoms with van der Waals surface area (Å²) >= 11 is 0. The van der Waals surface area contributed by atoms with Crippen molar-refractivity contribution in [1.82, 2.24) is 9.55 Å². The Hall–Kier alpha value is -1.16. The molecule has 0 aliphatic heterocycles. The van der Waals surface area contributed by atoms with Gasteiger partial charge in [0.2, 0.25) is 0 Å². The van der Waals surface area contributed by atoms with Crippen molar-refractivity contribution in [2.45, 2.75) is 58.5 Å². The third-order valence-corrected chi connectivity index (χ3v) is 3.98. The molecule has 1 atom stereocenters. The Morgan fingerprint density at radius 3 is 2.67 bits per heavy atom. The minimum absolute atomic E-state index is 0.0197. The smallest absolute Gasteiger partial charge is 0.253 e. The second-order valence-corrected chi connectivity index (χ2v) is 5.46. The van der Waals surface area contributed by atoms with E-state index in [-0.39, 0.29) is 11.6 Å². The molecule has 18 heavy (non-hydrogen) atoms. The van der Waals surface area contributed by atoms with Gasteiger partial charge in [-0.1, -0.05) is 19.3 Å². The first-order chi connectivity index (χ1) is 8.58. The van der Waals surface area contributed by atoms with Gasteiger partial charge in [-0.15, -0.1) is 0 Å². The molecule has 1 saturated carbocycles. The molecule has 2 N–H and O–H groups in total. The highest BCUT2D eigenvalue weighted by Crippen LogP contribution is 2.26. The lowest BCUT2D eigenvalue weighted by Crippen LogP contribution is -2.39. The Balaban J connectivity index is 2.11. The van der Waals surface area contributed by atoms with Gasteiger partial charge in [0.1, 0.15) is 5.82 Å². The fourth-order valence-corrected chi connectivity index (χ4v) is 2.91. The van der Waals surface area contributed by atoms with Crippen LogP contribution in [0.2, 0.25) is 0 Å². The molecule has 2 rings (SSSR count). The van der Waals surface area contributed by atoms with E-state index in [0.717, 1.165) is 11.5 Å². The molecule has 1 unspecified atom stereocenters. The largest absolute Gasteiger partial charge is 0.326 e. The zero-order valence-corrected chi connectivity index (χ0v) is 11.4. The molecule has 0 saturated heterocycles. The first-order valence-electron chi connectivity index (χ1n) is 6.88. The Morgan fingerprint density at radius 2 is 2.06 bits per heavy atom. The highest BCUT2D eigenvalue weighted by molar-refractivity contribution is 5.02. The summed E-state index contributed by atoms with van der Waals surface area (Å²) < 4.78 is 1.71. The van der Waals surface area contributed by atoms with Gasteiger partial charge in [-0.2, -0.15) is 0 Å². The quantitative estimate of drug-likeness (QED) is 0.888. The molecular weight excluding hydrogens is 226 g/mol. The molecule has 1 aliphatic carbocycles. The van der Waals surface area contributed by atoms with Crippen LogP contribution in [0.4, 0.5) is 0 Å². The predicted molar refractivity (Wildman–Crippen MR) is 72.5 cm³/mol. The van der Waals surface area contributed by atoms with E-state index in [1.807, 2.05) is 13.8 Å². The van der Waals surface area contributed by atoms with Gasteiger partial charge >= 0.3 is 0 Å². The Bertz CT molecular complexity index is 461. The first-order valence-corrected chi connectivity index (χ1v) is 6.88. The van der Waals surface area contributed by atoms with Crippen LogP contribution in [0.1, 0.15) is 43.6 Å². The summed E-state index contributed by atoms with van der Waals surface area (Å²) in [4.78, 5) is 16.3. The van der Waals surface area contributed by atoms with Crippen molar-refractivity contribution in [2.75, 3.05) is 0 Å². The van der Waals surface area contributed by atoms with Crippen molar-refractivity contribution in [1.29, 1.82) is 0 Å². The van der Waals surface area contributed by atoms with E-state index in [9.17, 15) is 4.79 Å². The van der Waals surface area contributed by atoms with Crippen molar-refractivity contribution < 1.29 is 0 Å². The zero-order chi connectivity index (χ0) is 13.1. The van der Waals surface area contributed by atoms with E-state index in [2.05, 4.69) is 4.98 Å². The molecule has 0 bridgehead atoms. The highest BCUT2D eigenvalue weighted by atomic mass is 16.1. The SMILES string of the molecule is Cc1cc(=O)n(CC(N)C2CCCCC2)c(C)n1. The van der Waals surface area contributed by atoms with Crippen LogP contribution in [0.15, 0.2) is 10.9 Å². The number of aromatic nitrogens is 2. The number of hydrogen-bond donors (Lipinski definition) is 1. The van der Waals surface area contributed by atoms with Crippen molar-refractivity contribution in [3.8, 4) is 0 Å². The van der Waals surface area contributed by atoms with Crippen molar-refractivity contribution in [3.05, 3.63) is 27.9 Å². The van der Waals surface area contributed by atoms with E-state index in [0.29, 0.717) is 12.5 Å². The minimum atomic E-state index is 0.0197. The number of aryl methyl sites for hydroxylation is 2. The molecule has 0 amide bonds. The van der Waals surface area contributed by atoms with Crippen LogP contribution in [-0.2, 0) is 6.54 Å². The minimum Gasteiger partial charge on any atom is -0.326 e. The fraction of sp³-hybridized carbons (Fsp3) is 0.714. The molecule has 4 nitrogen and oxygen atoms in total. The lowest BCUT2D eigenvalue weighted by molar-refractivity contribution is 0.281. The van der Waals surface area contributed by atoms with Crippen molar-refractivity contribution >= 4 is 0 Å². The van der Waals surface area contributed by atoms with Crippen molar-refractivity contribution in [3.63, 3.8) is 0 Å². The summed E-state index contributed by atoms with van der Waals surface area (Å²) in [5.74, 6) is 1.33. The Labute approximate surface area is 108 Å². The fourth-order valence-electron chi connectivity index (χ4n) is 2.91. The number of nitrogens with zero attached hydrogens (tertiary/aromatic N) is 2. The van der Waals surface area contributed by atoms with Gasteiger partial charge < -0.3 is 5.73 Å². The summed E-state index contributed by atoms with van der Waals surface area (Å²) in [6.45, 7) is 4.32. The third-order valence-electron chi connectivity index (χ3n) is 3.98. The monoisotopic (exact) mass is 249 g/mol. The molecule has 100 valence electrons. The van der Waals surface area contributed by atoms with Crippen LogP contribution < -0.4 is 11.3 Å². The van der Waals surface area contributed by atoms with Crippen LogP contribution in [0.3, 0.4) is 0 Å². The summed E-state index contributed by atoms with van der Waals surface area (Å²) in [5, 5.41) is 0. The summed E-state index contributed by atoms with van der Waals surface area (Å²) in [6, 6.07) is 1.66. The average Bonchev–Trinajstić information content (AvgIpc) is 2.34. The van der Waals surface area contributed by atoms with Gasteiger partial charge in [-0.3, -0.25) is 9.36 Å². The van der Waals surface area contributed by atoms with E-state index in [1.165, 1.54) is 32.1 Å². The van der Waals surface area contributed by atoms with E-state index in [1.54, 1.807) is 10.6 Å². The molecule has 1 fully saturated rings. The molecule has 1 aromatic rings. The molecular formula is C14H23N3O. The first kappa shape index (κ1) is 13.3. The normalized spacial score (nSPS) is 18.8. The Kier molecular flexibility index (Phi) is 4.17. The maximum atomic E-state index is 11.9. The molecule has 1 aromatic heterocycles. The van der Waals surface area contributed by atoms with E-state index >= 15 is 0 Å². The molecule has 4 heteroatoms. The zero-order valence-electron chi connectivity index (χ0n) is 11.4. The van der Waals surface area contributed by atoms with Crippen LogP contribution >= 0.6 is 0 Å². The van der Waals surface area contributed by atoms with Gasteiger partial charge in [0.25, 0.3) is 5.56 Å². The second kappa shape index (κ2) is 5.65. The summed E-state index contributed by atoms with van der Waals surface area (Å²) in [7, 11) is 0. The van der Waals surface area contributed by atoms with E-state index < -0.39 is 0 Å². The van der Waals surface area contributed by atoms with Crippen molar-refractivity contribution in [2.24, 2.45) is 11.7 Å². The average molecular weight is 249 g/mol. The molecule has 0 spiro atoms. The van der Waals surface area contributed by atoms with Gasteiger partial charge in [0.15, 0.2) is 0 Å². The number of hydrogen-bond acceptors (Lipinski definition) is 3. The maximum Gasteiger partial charge on any atom is 0.253 e. The molecule has 1 aliphatic rings. The molecule has 0 radical (unpaired) electrons. The maximum absolute atomic E-state index is 11.9. The number of nitrogens with two attached hydrogens (primary N) is 1. The van der Waals surface area contributed by atoms with Gasteiger partial charge in [0.05, 0.1) is 0 Å². The van der Waals surface area contributed by atoms with Crippen LogP contribution in [-0.4, -0.2) is 15.6 Å². The third kappa shape index (κ3) is 2.99. The highest BCUT2D eigenvalue weighted by Gasteiger charge is 2.21. The molecule has 1 heterocycles.